The minimum Gasteiger partial charge on any atom is -0.392 e. The van der Waals surface area contributed by atoms with E-state index >= 15 is 0 Å². The van der Waals surface area contributed by atoms with Crippen LogP contribution in [-0.2, 0) is 4.79 Å². The second-order valence-corrected chi connectivity index (χ2v) is 7.56. The summed E-state index contributed by atoms with van der Waals surface area (Å²) >= 11 is 0. The molecule has 0 aliphatic heterocycles. The predicted molar refractivity (Wildman–Crippen MR) is 78.5 cm³/mol. The van der Waals surface area contributed by atoms with Gasteiger partial charge >= 0.3 is 6.18 Å². The van der Waals surface area contributed by atoms with Crippen LogP contribution in [0.25, 0.3) is 0 Å². The van der Waals surface area contributed by atoms with E-state index < -0.39 is 17.7 Å². The Kier molecular flexibility index (Phi) is 3.32. The molecular weight excluding hydrogens is 305 g/mol. The number of carbonyl (C=O) groups is 1. The van der Waals surface area contributed by atoms with Gasteiger partial charge in [0.1, 0.15) is 5.41 Å². The molecule has 0 aromatic carbocycles. The zero-order valence-corrected chi connectivity index (χ0v) is 12.9. The standard InChI is InChI=1S/C18H21F3O2/c19-18(20,21)17-8-7-13-12-4-2-11(22)9-10(12)1-3-14(13)15(17)5-6-16(17)23/h5,9,12-14,16,23H,1-4,6-8H2/t12-,13+,14+,16-,17+/m0/s1. The van der Waals surface area contributed by atoms with Crippen molar-refractivity contribution in [2.45, 2.75) is 57.2 Å². The first kappa shape index (κ1) is 15.4. The van der Waals surface area contributed by atoms with Crippen molar-refractivity contribution in [2.24, 2.45) is 23.2 Å². The average Bonchev–Trinajstić information content (AvgIpc) is 2.85. The number of rotatable bonds is 0. The number of alkyl halides is 3. The Balaban J connectivity index is 1.70. The molecule has 4 aliphatic rings. The Morgan fingerprint density at radius 2 is 1.87 bits per heavy atom. The van der Waals surface area contributed by atoms with Gasteiger partial charge in [0.05, 0.1) is 6.10 Å². The van der Waals surface area contributed by atoms with Gasteiger partial charge in [0.25, 0.3) is 0 Å². The van der Waals surface area contributed by atoms with Gasteiger partial charge < -0.3 is 5.11 Å². The van der Waals surface area contributed by atoms with E-state index in [-0.39, 0.29) is 36.4 Å². The minimum atomic E-state index is -4.39. The highest BCUT2D eigenvalue weighted by Gasteiger charge is 2.66. The lowest BCUT2D eigenvalue weighted by molar-refractivity contribution is -0.247. The lowest BCUT2D eigenvalue weighted by Gasteiger charge is -2.52. The Morgan fingerprint density at radius 3 is 2.61 bits per heavy atom. The van der Waals surface area contributed by atoms with E-state index in [4.69, 9.17) is 0 Å². The second kappa shape index (κ2) is 4.95. The number of hydrogen-bond acceptors (Lipinski definition) is 2. The molecule has 0 spiro atoms. The molecule has 23 heavy (non-hydrogen) atoms. The van der Waals surface area contributed by atoms with Gasteiger partial charge in [0.2, 0.25) is 0 Å². The van der Waals surface area contributed by atoms with Crippen molar-refractivity contribution in [2.75, 3.05) is 0 Å². The predicted octanol–water partition coefficient (Wildman–Crippen LogP) is 3.95. The van der Waals surface area contributed by atoms with Gasteiger partial charge in [-0.05, 0) is 62.4 Å². The maximum Gasteiger partial charge on any atom is 0.400 e. The molecule has 0 radical (unpaired) electrons. The van der Waals surface area contributed by atoms with Gasteiger partial charge in [-0.1, -0.05) is 17.2 Å². The highest BCUT2D eigenvalue weighted by Crippen LogP contribution is 2.64. The number of aliphatic hydroxyl groups is 1. The third-order valence-corrected chi connectivity index (χ3v) is 6.72. The van der Waals surface area contributed by atoms with Crippen LogP contribution in [0.1, 0.15) is 44.9 Å². The van der Waals surface area contributed by atoms with Crippen molar-refractivity contribution < 1.29 is 23.1 Å². The largest absolute Gasteiger partial charge is 0.400 e. The van der Waals surface area contributed by atoms with Crippen LogP contribution in [0.3, 0.4) is 0 Å². The summed E-state index contributed by atoms with van der Waals surface area (Å²) in [5.74, 6) is 0.537. The molecule has 2 nitrogen and oxygen atoms in total. The van der Waals surface area contributed by atoms with Crippen molar-refractivity contribution in [1.29, 1.82) is 0 Å². The maximum atomic E-state index is 13.8. The fourth-order valence-electron chi connectivity index (χ4n) is 5.72. The lowest BCUT2D eigenvalue weighted by Crippen LogP contribution is -2.53. The van der Waals surface area contributed by atoms with Crippen molar-refractivity contribution >= 4 is 5.78 Å². The quantitative estimate of drug-likeness (QED) is 0.684. The SMILES string of the molecule is O=C1C=C2CC[C@H]3C4=CC[C@H](O)[C@@]4(C(F)(F)F)CC[C@@H]3[C@H]2CC1. The molecule has 0 aromatic heterocycles. The topological polar surface area (TPSA) is 37.3 Å². The number of hydrogen-bond donors (Lipinski definition) is 1. The maximum absolute atomic E-state index is 13.8. The molecule has 0 heterocycles. The van der Waals surface area contributed by atoms with Gasteiger partial charge in [-0.2, -0.15) is 13.2 Å². The number of ketones is 1. The number of fused-ring (bicyclic) bond motifs is 5. The van der Waals surface area contributed by atoms with Crippen molar-refractivity contribution in [3.8, 4) is 0 Å². The highest BCUT2D eigenvalue weighted by atomic mass is 19.4. The molecule has 0 saturated heterocycles. The van der Waals surface area contributed by atoms with Gasteiger partial charge in [-0.3, -0.25) is 4.79 Å². The van der Waals surface area contributed by atoms with E-state index in [9.17, 15) is 23.1 Å². The number of allylic oxidation sites excluding steroid dienone is 2. The monoisotopic (exact) mass is 326 g/mol. The zero-order chi connectivity index (χ0) is 16.4. The van der Waals surface area contributed by atoms with Gasteiger partial charge in [0, 0.05) is 6.42 Å². The fourth-order valence-corrected chi connectivity index (χ4v) is 5.72. The van der Waals surface area contributed by atoms with Crippen LogP contribution in [0, 0.1) is 23.2 Å². The van der Waals surface area contributed by atoms with Crippen molar-refractivity contribution in [3.05, 3.63) is 23.3 Å². The third-order valence-electron chi connectivity index (χ3n) is 6.72. The van der Waals surface area contributed by atoms with Crippen LogP contribution in [-0.4, -0.2) is 23.2 Å². The van der Waals surface area contributed by atoms with Crippen LogP contribution in [0.15, 0.2) is 23.3 Å². The van der Waals surface area contributed by atoms with Crippen molar-refractivity contribution in [1.82, 2.24) is 0 Å². The molecule has 0 bridgehead atoms. The molecule has 0 aromatic rings. The molecule has 5 atom stereocenters. The van der Waals surface area contributed by atoms with E-state index in [1.165, 1.54) is 0 Å². The summed E-state index contributed by atoms with van der Waals surface area (Å²) in [5, 5.41) is 10.1. The molecule has 4 rings (SSSR count). The first-order valence-corrected chi connectivity index (χ1v) is 8.53. The van der Waals surface area contributed by atoms with Crippen LogP contribution < -0.4 is 0 Å². The van der Waals surface area contributed by atoms with E-state index in [1.54, 1.807) is 12.2 Å². The van der Waals surface area contributed by atoms with E-state index in [1.807, 2.05) is 0 Å². The van der Waals surface area contributed by atoms with E-state index in [2.05, 4.69) is 0 Å². The Morgan fingerprint density at radius 1 is 1.13 bits per heavy atom. The molecule has 2 saturated carbocycles. The third kappa shape index (κ3) is 2.01. The van der Waals surface area contributed by atoms with E-state index in [0.29, 0.717) is 24.8 Å². The van der Waals surface area contributed by atoms with Crippen LogP contribution in [0.5, 0.6) is 0 Å². The summed E-state index contributed by atoms with van der Waals surface area (Å²) < 4.78 is 41.5. The summed E-state index contributed by atoms with van der Waals surface area (Å²) in [7, 11) is 0. The highest BCUT2D eigenvalue weighted by molar-refractivity contribution is 5.91. The van der Waals surface area contributed by atoms with E-state index in [0.717, 1.165) is 18.4 Å². The summed E-state index contributed by atoms with van der Waals surface area (Å²) in [5.41, 5.74) is -0.411. The summed E-state index contributed by atoms with van der Waals surface area (Å²) in [6.45, 7) is 0. The number of halogens is 3. The molecule has 1 N–H and O–H groups in total. The molecule has 0 unspecified atom stereocenters. The summed E-state index contributed by atoms with van der Waals surface area (Å²) in [6, 6.07) is 0. The van der Waals surface area contributed by atoms with Gasteiger partial charge in [-0.25, -0.2) is 0 Å². The number of aliphatic hydroxyl groups excluding tert-OH is 1. The Hall–Kier alpha value is -1.10. The first-order valence-electron chi connectivity index (χ1n) is 8.53. The molecular formula is C18H21F3O2. The molecule has 4 aliphatic carbocycles. The minimum absolute atomic E-state index is 0.0115. The average molecular weight is 326 g/mol. The van der Waals surface area contributed by atoms with Crippen LogP contribution in [0.2, 0.25) is 0 Å². The zero-order valence-electron chi connectivity index (χ0n) is 12.9. The molecule has 0 amide bonds. The Labute approximate surface area is 133 Å². The lowest BCUT2D eigenvalue weighted by atomic mass is 9.53. The summed E-state index contributed by atoms with van der Waals surface area (Å²) in [4.78, 5) is 11.6. The fraction of sp³-hybridized carbons (Fsp3) is 0.722. The molecule has 5 heteroatoms. The van der Waals surface area contributed by atoms with Gasteiger partial charge in [-0.15, -0.1) is 0 Å². The normalized spacial score (nSPS) is 43.2. The second-order valence-electron chi connectivity index (χ2n) is 7.56. The summed E-state index contributed by atoms with van der Waals surface area (Å²) in [6.07, 6.45) is 0.980. The Bertz CT molecular complexity index is 604. The van der Waals surface area contributed by atoms with Crippen LogP contribution >= 0.6 is 0 Å². The molecule has 2 fully saturated rings. The van der Waals surface area contributed by atoms with Crippen LogP contribution in [0.4, 0.5) is 13.2 Å². The van der Waals surface area contributed by atoms with Crippen molar-refractivity contribution in [3.63, 3.8) is 0 Å². The van der Waals surface area contributed by atoms with Gasteiger partial charge in [0.15, 0.2) is 5.78 Å². The number of carbonyl (C=O) groups excluding carboxylic acids is 1. The molecule has 126 valence electrons. The smallest absolute Gasteiger partial charge is 0.392 e. The first-order chi connectivity index (χ1) is 10.8.